The summed E-state index contributed by atoms with van der Waals surface area (Å²) in [6.07, 6.45) is 1.65. The van der Waals surface area contributed by atoms with E-state index < -0.39 is 5.97 Å². The Morgan fingerprint density at radius 3 is 2.52 bits per heavy atom. The first-order chi connectivity index (χ1) is 10.3. The fraction of sp³-hybridized carbons (Fsp3) is 0.0556. The molecule has 3 rings (SSSR count). The highest BCUT2D eigenvalue weighted by Crippen LogP contribution is 2.21. The first kappa shape index (κ1) is 13.0. The summed E-state index contributed by atoms with van der Waals surface area (Å²) in [7, 11) is 0. The van der Waals surface area contributed by atoms with E-state index in [1.165, 1.54) is 0 Å². The average molecular weight is 275 g/mol. The summed E-state index contributed by atoms with van der Waals surface area (Å²) >= 11 is 0. The topological polar surface area (TPSA) is 42.2 Å². The van der Waals surface area contributed by atoms with E-state index in [2.05, 4.69) is 11.8 Å². The number of nitrogens with zero attached hydrogens (tertiary/aromatic N) is 1. The van der Waals surface area contributed by atoms with Crippen LogP contribution in [0.3, 0.4) is 0 Å². The zero-order valence-corrected chi connectivity index (χ0v) is 11.3. The van der Waals surface area contributed by atoms with Gasteiger partial charge in [-0.3, -0.25) is 0 Å². The van der Waals surface area contributed by atoms with Crippen molar-refractivity contribution in [2.75, 3.05) is 0 Å². The number of fused-ring (bicyclic) bond motifs is 1. The van der Waals surface area contributed by atoms with Crippen molar-refractivity contribution < 1.29 is 9.90 Å². The Morgan fingerprint density at radius 1 is 1.05 bits per heavy atom. The van der Waals surface area contributed by atoms with E-state index in [9.17, 15) is 9.90 Å². The van der Waals surface area contributed by atoms with Crippen LogP contribution < -0.4 is 0 Å². The van der Waals surface area contributed by atoms with Crippen molar-refractivity contribution >= 4 is 16.9 Å². The second kappa shape index (κ2) is 5.56. The van der Waals surface area contributed by atoms with Gasteiger partial charge in [-0.25, -0.2) is 4.79 Å². The van der Waals surface area contributed by atoms with Gasteiger partial charge in [0.05, 0.1) is 12.1 Å². The van der Waals surface area contributed by atoms with E-state index in [-0.39, 0.29) is 0 Å². The van der Waals surface area contributed by atoms with Crippen LogP contribution in [0.2, 0.25) is 0 Å². The number of benzene rings is 2. The van der Waals surface area contributed by atoms with Gasteiger partial charge in [-0.2, -0.15) is 0 Å². The lowest BCUT2D eigenvalue weighted by molar-refractivity contribution is 0.0699. The van der Waals surface area contributed by atoms with Crippen LogP contribution in [0.25, 0.3) is 10.9 Å². The summed E-state index contributed by atoms with van der Waals surface area (Å²) in [5.74, 6) is 5.24. The van der Waals surface area contributed by atoms with Crippen molar-refractivity contribution in [1.82, 2.24) is 4.57 Å². The summed E-state index contributed by atoms with van der Waals surface area (Å²) in [5, 5.41) is 9.99. The molecule has 0 spiro atoms. The maximum atomic E-state index is 11.3. The molecule has 3 nitrogen and oxygen atoms in total. The number of carbonyl (C=O) groups is 1. The second-order valence-corrected chi connectivity index (χ2v) is 4.66. The highest BCUT2D eigenvalue weighted by Gasteiger charge is 2.12. The fourth-order valence-corrected chi connectivity index (χ4v) is 2.30. The molecule has 1 N–H and O–H groups in total. The molecular formula is C18H13NO2. The number of hydrogen-bond acceptors (Lipinski definition) is 1. The minimum absolute atomic E-state index is 0.312. The van der Waals surface area contributed by atoms with Crippen LogP contribution >= 0.6 is 0 Å². The van der Waals surface area contributed by atoms with Gasteiger partial charge in [-0.05, 0) is 18.2 Å². The Morgan fingerprint density at radius 2 is 1.76 bits per heavy atom. The van der Waals surface area contributed by atoms with Gasteiger partial charge in [0.15, 0.2) is 0 Å². The Kier molecular flexibility index (Phi) is 3.44. The summed E-state index contributed by atoms with van der Waals surface area (Å²) in [6.45, 7) is 0.461. The molecule has 2 aromatic carbocycles. The first-order valence-electron chi connectivity index (χ1n) is 6.61. The number of aromatic carboxylic acids is 1. The maximum Gasteiger partial charge on any atom is 0.337 e. The van der Waals surface area contributed by atoms with E-state index in [1.807, 2.05) is 59.2 Å². The molecule has 0 saturated carbocycles. The zero-order valence-electron chi connectivity index (χ0n) is 11.3. The molecule has 102 valence electrons. The molecule has 1 aromatic heterocycles. The highest BCUT2D eigenvalue weighted by molar-refractivity contribution is 6.03. The minimum atomic E-state index is -0.916. The molecule has 21 heavy (non-hydrogen) atoms. The normalized spacial score (nSPS) is 10.1. The summed E-state index contributed by atoms with van der Waals surface area (Å²) in [5.41, 5.74) is 2.15. The molecule has 0 bridgehead atoms. The van der Waals surface area contributed by atoms with E-state index in [4.69, 9.17) is 0 Å². The molecule has 1 heterocycles. The molecular weight excluding hydrogens is 262 g/mol. The number of hydrogen-bond donors (Lipinski definition) is 1. The Hall–Kier alpha value is -2.99. The number of aromatic nitrogens is 1. The van der Waals surface area contributed by atoms with Crippen molar-refractivity contribution in [3.63, 3.8) is 0 Å². The molecule has 0 atom stereocenters. The van der Waals surface area contributed by atoms with Crippen molar-refractivity contribution in [1.29, 1.82) is 0 Å². The lowest BCUT2D eigenvalue weighted by Crippen LogP contribution is -1.95. The molecule has 0 fully saturated rings. The van der Waals surface area contributed by atoms with Gasteiger partial charge < -0.3 is 9.67 Å². The Bertz CT molecular complexity index is 851. The summed E-state index contributed by atoms with van der Waals surface area (Å²) in [4.78, 5) is 11.3. The highest BCUT2D eigenvalue weighted by atomic mass is 16.4. The van der Waals surface area contributed by atoms with Gasteiger partial charge >= 0.3 is 5.97 Å². The third-order valence-electron chi connectivity index (χ3n) is 3.27. The lowest BCUT2D eigenvalue weighted by Gasteiger charge is -1.98. The van der Waals surface area contributed by atoms with Crippen LogP contribution in [0.1, 0.15) is 15.9 Å². The Balaban J connectivity index is 1.95. The summed E-state index contributed by atoms with van der Waals surface area (Å²) < 4.78 is 1.87. The molecule has 0 aliphatic heterocycles. The summed E-state index contributed by atoms with van der Waals surface area (Å²) in [6, 6.07) is 17.2. The van der Waals surface area contributed by atoms with Crippen molar-refractivity contribution in [2.24, 2.45) is 0 Å². The smallest absolute Gasteiger partial charge is 0.337 e. The van der Waals surface area contributed by atoms with Crippen molar-refractivity contribution in [3.05, 3.63) is 71.9 Å². The predicted molar refractivity (Wildman–Crippen MR) is 82.2 cm³/mol. The molecule has 0 radical (unpaired) electrons. The molecule has 0 saturated heterocycles. The van der Waals surface area contributed by atoms with Crippen molar-refractivity contribution in [3.8, 4) is 11.8 Å². The van der Waals surface area contributed by atoms with Gasteiger partial charge in [0.25, 0.3) is 0 Å². The van der Waals surface area contributed by atoms with Gasteiger partial charge in [-0.15, -0.1) is 0 Å². The maximum absolute atomic E-state index is 11.3. The number of rotatable bonds is 2. The monoisotopic (exact) mass is 275 g/mol. The van der Waals surface area contributed by atoms with Crippen molar-refractivity contribution in [2.45, 2.75) is 6.54 Å². The van der Waals surface area contributed by atoms with Crippen LogP contribution in [0.4, 0.5) is 0 Å². The Labute approximate surface area is 122 Å². The molecule has 0 unspecified atom stereocenters. The molecule has 0 aliphatic rings. The minimum Gasteiger partial charge on any atom is -0.478 e. The standard InChI is InChI=1S/C18H13NO2/c20-18(21)16-13-19(17-11-5-4-10-15(16)17)12-6-9-14-7-2-1-3-8-14/h1-5,7-8,10-11,13H,12H2,(H,20,21). The van der Waals surface area contributed by atoms with Gasteiger partial charge in [0.2, 0.25) is 0 Å². The lowest BCUT2D eigenvalue weighted by atomic mass is 10.2. The van der Waals surface area contributed by atoms with Gasteiger partial charge in [0, 0.05) is 22.7 Å². The number of para-hydroxylation sites is 1. The quantitative estimate of drug-likeness (QED) is 0.728. The van der Waals surface area contributed by atoms with Crippen LogP contribution in [-0.2, 0) is 6.54 Å². The van der Waals surface area contributed by atoms with Gasteiger partial charge in [0.1, 0.15) is 0 Å². The van der Waals surface area contributed by atoms with Crippen LogP contribution in [0.5, 0.6) is 0 Å². The fourth-order valence-electron chi connectivity index (χ4n) is 2.30. The molecule has 3 aromatic rings. The van der Waals surface area contributed by atoms with E-state index >= 15 is 0 Å². The molecule has 3 heteroatoms. The second-order valence-electron chi connectivity index (χ2n) is 4.66. The zero-order chi connectivity index (χ0) is 14.7. The van der Waals surface area contributed by atoms with E-state index in [0.717, 1.165) is 16.5 Å². The average Bonchev–Trinajstić information content (AvgIpc) is 2.88. The van der Waals surface area contributed by atoms with Crippen LogP contribution in [-0.4, -0.2) is 15.6 Å². The molecule has 0 amide bonds. The van der Waals surface area contributed by atoms with E-state index in [1.54, 1.807) is 6.20 Å². The first-order valence-corrected chi connectivity index (χ1v) is 6.61. The third-order valence-corrected chi connectivity index (χ3v) is 3.27. The molecule has 0 aliphatic carbocycles. The van der Waals surface area contributed by atoms with Gasteiger partial charge in [-0.1, -0.05) is 48.2 Å². The van der Waals surface area contributed by atoms with Crippen LogP contribution in [0, 0.1) is 11.8 Å². The predicted octanol–water partition coefficient (Wildman–Crippen LogP) is 3.39. The van der Waals surface area contributed by atoms with Crippen LogP contribution in [0.15, 0.2) is 60.8 Å². The van der Waals surface area contributed by atoms with E-state index in [0.29, 0.717) is 12.1 Å². The number of carboxylic acids is 1. The largest absolute Gasteiger partial charge is 0.478 e. The third kappa shape index (κ3) is 2.65. The SMILES string of the molecule is O=C(O)c1cn(CC#Cc2ccccc2)c2ccccc12. The number of carboxylic acid groups (broad SMARTS) is 1.